The van der Waals surface area contributed by atoms with E-state index in [4.69, 9.17) is 9.94 Å². The van der Waals surface area contributed by atoms with Gasteiger partial charge >= 0.3 is 0 Å². The van der Waals surface area contributed by atoms with E-state index < -0.39 is 0 Å². The molecule has 0 aliphatic heterocycles. The highest BCUT2D eigenvalue weighted by molar-refractivity contribution is 5.79. The van der Waals surface area contributed by atoms with Crippen molar-refractivity contribution >= 4 is 6.21 Å². The molecule has 0 aliphatic rings. The lowest BCUT2D eigenvalue weighted by Gasteiger charge is -2.01. The molecule has 1 N–H and O–H groups in total. The molecule has 0 radical (unpaired) electrons. The van der Waals surface area contributed by atoms with Crippen LogP contribution in [-0.4, -0.2) is 18.0 Å². The lowest BCUT2D eigenvalue weighted by Crippen LogP contribution is -1.91. The summed E-state index contributed by atoms with van der Waals surface area (Å²) in [6.07, 6.45) is 1.37. The molecule has 64 valence electrons. The highest BCUT2D eigenvalue weighted by Gasteiger charge is 1.90. The van der Waals surface area contributed by atoms with Crippen LogP contribution in [0, 0.1) is 0 Å². The van der Waals surface area contributed by atoms with Crippen molar-refractivity contribution in [1.82, 2.24) is 0 Å². The molecule has 0 heterocycles. The van der Waals surface area contributed by atoms with Crippen LogP contribution in [-0.2, 0) is 0 Å². The summed E-state index contributed by atoms with van der Waals surface area (Å²) >= 11 is 0. The number of nitrogens with zero attached hydrogens (tertiary/aromatic N) is 1. The fourth-order valence-electron chi connectivity index (χ4n) is 0.883. The molecule has 0 saturated carbocycles. The van der Waals surface area contributed by atoms with Crippen LogP contribution >= 0.6 is 0 Å². The Kier molecular flexibility index (Phi) is 3.14. The van der Waals surface area contributed by atoms with Crippen molar-refractivity contribution in [2.45, 2.75) is 6.92 Å². The van der Waals surface area contributed by atoms with Crippen molar-refractivity contribution in [3.05, 3.63) is 29.8 Å². The monoisotopic (exact) mass is 165 g/mol. The summed E-state index contributed by atoms with van der Waals surface area (Å²) in [6, 6.07) is 7.32. The normalized spacial score (nSPS) is 10.4. The molecule has 1 aromatic carbocycles. The van der Waals surface area contributed by atoms with Gasteiger partial charge in [-0.1, -0.05) is 5.16 Å². The smallest absolute Gasteiger partial charge is 0.119 e. The Morgan fingerprint density at radius 1 is 1.42 bits per heavy atom. The third kappa shape index (κ3) is 2.27. The maximum atomic E-state index is 8.23. The first-order valence-electron chi connectivity index (χ1n) is 3.77. The topological polar surface area (TPSA) is 41.8 Å². The molecule has 0 atom stereocenters. The standard InChI is InChI=1S/C9H11NO2/c1-2-12-9-5-3-8(4-6-9)7-10-11/h3-7,11H,2H2,1H3. The number of rotatable bonds is 3. The molecule has 3 heteroatoms. The largest absolute Gasteiger partial charge is 0.494 e. The highest BCUT2D eigenvalue weighted by Crippen LogP contribution is 2.10. The molecule has 0 aliphatic carbocycles. The van der Waals surface area contributed by atoms with Crippen LogP contribution in [0.5, 0.6) is 5.75 Å². The van der Waals surface area contributed by atoms with Gasteiger partial charge in [0.2, 0.25) is 0 Å². The first kappa shape index (κ1) is 8.59. The predicted octanol–water partition coefficient (Wildman–Crippen LogP) is 1.89. The minimum absolute atomic E-state index is 0.660. The summed E-state index contributed by atoms with van der Waals surface area (Å²) < 4.78 is 5.23. The van der Waals surface area contributed by atoms with Crippen LogP contribution in [0.25, 0.3) is 0 Å². The Morgan fingerprint density at radius 3 is 2.58 bits per heavy atom. The predicted molar refractivity (Wildman–Crippen MR) is 47.0 cm³/mol. The molecule has 3 nitrogen and oxygen atoms in total. The van der Waals surface area contributed by atoms with E-state index in [0.717, 1.165) is 11.3 Å². The Bertz CT molecular complexity index is 254. The summed E-state index contributed by atoms with van der Waals surface area (Å²) in [4.78, 5) is 0. The van der Waals surface area contributed by atoms with E-state index in [1.54, 1.807) is 0 Å². The summed E-state index contributed by atoms with van der Waals surface area (Å²) in [7, 11) is 0. The van der Waals surface area contributed by atoms with Gasteiger partial charge in [-0.3, -0.25) is 0 Å². The third-order valence-electron chi connectivity index (χ3n) is 1.40. The second kappa shape index (κ2) is 4.38. The highest BCUT2D eigenvalue weighted by atomic mass is 16.5. The lowest BCUT2D eigenvalue weighted by molar-refractivity contribution is 0.322. The molecule has 1 rings (SSSR count). The average molecular weight is 165 g/mol. The number of hydrogen-bond donors (Lipinski definition) is 1. The van der Waals surface area contributed by atoms with Gasteiger partial charge in [0.1, 0.15) is 5.75 Å². The number of ether oxygens (including phenoxy) is 1. The number of oxime groups is 1. The zero-order valence-corrected chi connectivity index (χ0v) is 6.90. The molecular weight excluding hydrogens is 154 g/mol. The van der Waals surface area contributed by atoms with Crippen molar-refractivity contribution in [3.8, 4) is 5.75 Å². The molecule has 0 saturated heterocycles. The van der Waals surface area contributed by atoms with Crippen LogP contribution in [0.1, 0.15) is 12.5 Å². The zero-order chi connectivity index (χ0) is 8.81. The fourth-order valence-corrected chi connectivity index (χ4v) is 0.883. The van der Waals surface area contributed by atoms with E-state index in [-0.39, 0.29) is 0 Å². The molecule has 0 amide bonds. The van der Waals surface area contributed by atoms with Gasteiger partial charge in [-0.25, -0.2) is 0 Å². The zero-order valence-electron chi connectivity index (χ0n) is 6.90. The molecule has 0 aromatic heterocycles. The average Bonchev–Trinajstić information content (AvgIpc) is 2.09. The molecule has 0 bridgehead atoms. The van der Waals surface area contributed by atoms with Crippen molar-refractivity contribution in [2.75, 3.05) is 6.61 Å². The third-order valence-corrected chi connectivity index (χ3v) is 1.40. The van der Waals surface area contributed by atoms with Crippen LogP contribution in [0.3, 0.4) is 0 Å². The minimum atomic E-state index is 0.660. The fraction of sp³-hybridized carbons (Fsp3) is 0.222. The quantitative estimate of drug-likeness (QED) is 0.422. The molecule has 0 fully saturated rings. The molecule has 1 aromatic rings. The Morgan fingerprint density at radius 2 is 2.08 bits per heavy atom. The van der Waals surface area contributed by atoms with Gasteiger partial charge in [-0.05, 0) is 36.8 Å². The molecule has 12 heavy (non-hydrogen) atoms. The van der Waals surface area contributed by atoms with Crippen molar-refractivity contribution in [3.63, 3.8) is 0 Å². The molecule has 0 spiro atoms. The van der Waals surface area contributed by atoms with E-state index in [0.29, 0.717) is 6.61 Å². The SMILES string of the molecule is CCOc1ccc(C=NO)cc1. The maximum absolute atomic E-state index is 8.23. The van der Waals surface area contributed by atoms with Gasteiger partial charge in [0, 0.05) is 0 Å². The Labute approximate surface area is 71.3 Å². The van der Waals surface area contributed by atoms with E-state index >= 15 is 0 Å². The Balaban J connectivity index is 2.71. The van der Waals surface area contributed by atoms with E-state index in [2.05, 4.69) is 5.16 Å². The van der Waals surface area contributed by atoms with E-state index in [1.165, 1.54) is 6.21 Å². The van der Waals surface area contributed by atoms with Gasteiger partial charge in [-0.2, -0.15) is 0 Å². The van der Waals surface area contributed by atoms with Crippen molar-refractivity contribution in [2.24, 2.45) is 5.16 Å². The summed E-state index contributed by atoms with van der Waals surface area (Å²) in [5, 5.41) is 11.1. The van der Waals surface area contributed by atoms with E-state index in [9.17, 15) is 0 Å². The second-order valence-electron chi connectivity index (χ2n) is 2.25. The number of benzene rings is 1. The number of hydrogen-bond acceptors (Lipinski definition) is 3. The second-order valence-corrected chi connectivity index (χ2v) is 2.25. The Hall–Kier alpha value is -1.51. The van der Waals surface area contributed by atoms with Crippen LogP contribution in [0.15, 0.2) is 29.4 Å². The van der Waals surface area contributed by atoms with Gasteiger partial charge in [0.05, 0.1) is 12.8 Å². The molecular formula is C9H11NO2. The molecule has 0 unspecified atom stereocenters. The maximum Gasteiger partial charge on any atom is 0.119 e. The summed E-state index contributed by atoms with van der Waals surface area (Å²) in [5.74, 6) is 0.826. The van der Waals surface area contributed by atoms with Crippen molar-refractivity contribution < 1.29 is 9.94 Å². The van der Waals surface area contributed by atoms with Crippen LogP contribution in [0.4, 0.5) is 0 Å². The minimum Gasteiger partial charge on any atom is -0.494 e. The van der Waals surface area contributed by atoms with Gasteiger partial charge < -0.3 is 9.94 Å². The van der Waals surface area contributed by atoms with Gasteiger partial charge in [-0.15, -0.1) is 0 Å². The van der Waals surface area contributed by atoms with Gasteiger partial charge in [0.15, 0.2) is 0 Å². The van der Waals surface area contributed by atoms with Crippen LogP contribution in [0.2, 0.25) is 0 Å². The van der Waals surface area contributed by atoms with Crippen molar-refractivity contribution in [1.29, 1.82) is 0 Å². The van der Waals surface area contributed by atoms with Crippen LogP contribution < -0.4 is 4.74 Å². The van der Waals surface area contributed by atoms with E-state index in [1.807, 2.05) is 31.2 Å². The summed E-state index contributed by atoms with van der Waals surface area (Å²) in [5.41, 5.74) is 0.848. The first-order valence-corrected chi connectivity index (χ1v) is 3.77. The lowest BCUT2D eigenvalue weighted by atomic mass is 10.2. The van der Waals surface area contributed by atoms with Gasteiger partial charge in [0.25, 0.3) is 0 Å². The summed E-state index contributed by atoms with van der Waals surface area (Å²) in [6.45, 7) is 2.59. The first-order chi connectivity index (χ1) is 5.86.